The van der Waals surface area contributed by atoms with Crippen LogP contribution < -0.4 is 26.2 Å². The van der Waals surface area contributed by atoms with Gasteiger partial charge in [-0.3, -0.25) is 0 Å². The lowest BCUT2D eigenvalue weighted by Gasteiger charge is -2.48. The van der Waals surface area contributed by atoms with Crippen molar-refractivity contribution in [2.75, 3.05) is 9.80 Å². The van der Waals surface area contributed by atoms with Crippen LogP contribution in [-0.2, 0) is 27.1 Å². The SMILES string of the molecule is CC(C)c1cc2c3c(c1)N(c1ccc(C(C)(C)C)cc1-c1ccc(-c4ccccc4)cc1)c1cc4c(cc1B3c1ccc(C(C)(C)c3ccccc3)cc1N2c1cccc(C(C)(C)C)c1)C(C)(C)CCC4(C)C. The third kappa shape index (κ3) is 8.27. The van der Waals surface area contributed by atoms with E-state index in [0.717, 1.165) is 12.8 Å². The molecule has 0 radical (unpaired) electrons. The monoisotopic (exact) mass is 955 g/mol. The van der Waals surface area contributed by atoms with E-state index in [0.29, 0.717) is 0 Å². The number of rotatable bonds is 7. The predicted molar refractivity (Wildman–Crippen MR) is 317 cm³/mol. The van der Waals surface area contributed by atoms with E-state index in [2.05, 4.69) is 277 Å². The van der Waals surface area contributed by atoms with Gasteiger partial charge in [-0.1, -0.05) is 218 Å². The van der Waals surface area contributed by atoms with E-state index < -0.39 is 0 Å². The van der Waals surface area contributed by atoms with Crippen LogP contribution in [0, 0.1) is 0 Å². The molecule has 0 unspecified atom stereocenters. The first-order valence-electron chi connectivity index (χ1n) is 27.1. The van der Waals surface area contributed by atoms with Crippen LogP contribution >= 0.6 is 0 Å². The van der Waals surface area contributed by atoms with Gasteiger partial charge in [-0.05, 0) is 161 Å². The van der Waals surface area contributed by atoms with Gasteiger partial charge in [-0.25, -0.2) is 0 Å². The molecule has 0 bridgehead atoms. The lowest BCUT2D eigenvalue weighted by Crippen LogP contribution is -2.62. The van der Waals surface area contributed by atoms with Gasteiger partial charge in [0.25, 0.3) is 6.71 Å². The van der Waals surface area contributed by atoms with Crippen LogP contribution in [0.25, 0.3) is 22.3 Å². The van der Waals surface area contributed by atoms with Crippen LogP contribution in [0.3, 0.4) is 0 Å². The summed E-state index contributed by atoms with van der Waals surface area (Å²) in [6.45, 7) is 33.5. The van der Waals surface area contributed by atoms with Crippen LogP contribution in [0.2, 0.25) is 0 Å². The van der Waals surface area contributed by atoms with Crippen molar-refractivity contribution in [1.82, 2.24) is 0 Å². The molecule has 368 valence electrons. The zero-order chi connectivity index (χ0) is 51.6. The zero-order valence-corrected chi connectivity index (χ0v) is 46.1. The topological polar surface area (TPSA) is 6.48 Å². The maximum absolute atomic E-state index is 2.71. The van der Waals surface area contributed by atoms with Gasteiger partial charge in [0.05, 0.1) is 5.69 Å². The molecule has 2 nitrogen and oxygen atoms in total. The molecular weight excluding hydrogens is 880 g/mol. The van der Waals surface area contributed by atoms with Crippen LogP contribution in [0.15, 0.2) is 170 Å². The highest BCUT2D eigenvalue weighted by molar-refractivity contribution is 7.00. The van der Waals surface area contributed by atoms with Gasteiger partial charge in [0.15, 0.2) is 0 Å². The minimum absolute atomic E-state index is 0.00279. The quantitative estimate of drug-likeness (QED) is 0.147. The van der Waals surface area contributed by atoms with Crippen molar-refractivity contribution < 1.29 is 0 Å². The smallest absolute Gasteiger partial charge is 0.252 e. The molecular formula is C70H75BN2. The van der Waals surface area contributed by atoms with Crippen LogP contribution in [-0.4, -0.2) is 6.71 Å². The van der Waals surface area contributed by atoms with E-state index in [9.17, 15) is 0 Å². The fourth-order valence-corrected chi connectivity index (χ4v) is 12.4. The van der Waals surface area contributed by atoms with E-state index in [1.54, 1.807) is 0 Å². The molecule has 2 heterocycles. The van der Waals surface area contributed by atoms with Gasteiger partial charge in [0, 0.05) is 39.4 Å². The number of hydrogen-bond donors (Lipinski definition) is 0. The van der Waals surface area contributed by atoms with Gasteiger partial charge in [0.1, 0.15) is 0 Å². The molecule has 0 atom stereocenters. The standard InChI is InChI=1S/C70H75BN2/c1-45(2)49-38-63-65-64(39-49)73(60-35-33-52(67(6,7)8)41-55(60)48-30-28-47(29-31-48)46-22-17-15-18-23-46)62-44-57-56(68(9,10)36-37-69(57,11)12)43-59(62)71(65)58-34-32-53(70(13,14)50-24-19-16-20-25-50)42-61(58)72(63)54-27-21-26-51(40-54)66(3,4)5/h15-35,38-45H,36-37H2,1-14H3. The highest BCUT2D eigenvalue weighted by Crippen LogP contribution is 2.53. The van der Waals surface area contributed by atoms with Crippen molar-refractivity contribution in [2.45, 2.75) is 143 Å². The third-order valence-electron chi connectivity index (χ3n) is 17.3. The summed E-state index contributed by atoms with van der Waals surface area (Å²) < 4.78 is 0. The minimum Gasteiger partial charge on any atom is -0.311 e. The lowest BCUT2D eigenvalue weighted by atomic mass is 9.33. The Kier molecular flexibility index (Phi) is 11.5. The normalized spacial score (nSPS) is 15.7. The molecule has 0 saturated heterocycles. The van der Waals surface area contributed by atoms with Gasteiger partial charge in [-0.2, -0.15) is 0 Å². The maximum atomic E-state index is 2.71. The second kappa shape index (κ2) is 17.3. The minimum atomic E-state index is -0.231. The summed E-state index contributed by atoms with van der Waals surface area (Å²) in [6.07, 6.45) is 2.31. The van der Waals surface area contributed by atoms with E-state index in [-0.39, 0.29) is 39.7 Å². The molecule has 0 fully saturated rings. The molecule has 0 aromatic heterocycles. The van der Waals surface area contributed by atoms with Gasteiger partial charge in [0.2, 0.25) is 0 Å². The second-order valence-corrected chi connectivity index (χ2v) is 25.9. The summed E-state index contributed by atoms with van der Waals surface area (Å²) in [5.41, 5.74) is 25.9. The Bertz CT molecular complexity index is 3410. The molecule has 0 saturated carbocycles. The molecule has 0 N–H and O–H groups in total. The van der Waals surface area contributed by atoms with Crippen molar-refractivity contribution in [3.05, 3.63) is 209 Å². The van der Waals surface area contributed by atoms with E-state index >= 15 is 0 Å². The van der Waals surface area contributed by atoms with Gasteiger partial charge in [-0.15, -0.1) is 0 Å². The molecule has 0 spiro atoms. The average Bonchev–Trinajstić information content (AvgIpc) is 3.37. The van der Waals surface area contributed by atoms with Crippen LogP contribution in [0.4, 0.5) is 34.1 Å². The lowest BCUT2D eigenvalue weighted by molar-refractivity contribution is 0.332. The number of fused-ring (bicyclic) bond motifs is 5. The second-order valence-electron chi connectivity index (χ2n) is 25.9. The molecule has 3 aliphatic rings. The largest absolute Gasteiger partial charge is 0.311 e. The van der Waals surface area contributed by atoms with E-state index in [1.807, 2.05) is 0 Å². The van der Waals surface area contributed by atoms with Crippen molar-refractivity contribution in [3.8, 4) is 22.3 Å². The summed E-state index contributed by atoms with van der Waals surface area (Å²) >= 11 is 0. The first-order valence-corrected chi connectivity index (χ1v) is 27.1. The number of anilines is 6. The summed E-state index contributed by atoms with van der Waals surface area (Å²) in [6, 6.07) is 65.9. The Balaban J connectivity index is 1.26. The van der Waals surface area contributed by atoms with Crippen molar-refractivity contribution in [3.63, 3.8) is 0 Å². The van der Waals surface area contributed by atoms with Crippen molar-refractivity contribution in [1.29, 1.82) is 0 Å². The number of benzene rings is 8. The van der Waals surface area contributed by atoms with Gasteiger partial charge < -0.3 is 9.80 Å². The molecule has 1 aliphatic carbocycles. The molecule has 73 heavy (non-hydrogen) atoms. The number of hydrogen-bond acceptors (Lipinski definition) is 2. The van der Waals surface area contributed by atoms with Crippen LogP contribution in [0.5, 0.6) is 0 Å². The summed E-state index contributed by atoms with van der Waals surface area (Å²) in [4.78, 5) is 5.36. The first kappa shape index (κ1) is 48.7. The summed E-state index contributed by atoms with van der Waals surface area (Å²) in [7, 11) is 0. The zero-order valence-electron chi connectivity index (χ0n) is 46.1. The summed E-state index contributed by atoms with van der Waals surface area (Å²) in [5, 5.41) is 0. The fourth-order valence-electron chi connectivity index (χ4n) is 12.4. The highest BCUT2D eigenvalue weighted by atomic mass is 15.2. The number of nitrogens with zero attached hydrogens (tertiary/aromatic N) is 2. The Hall–Kier alpha value is -6.58. The highest BCUT2D eigenvalue weighted by Gasteiger charge is 2.47. The Morgan fingerprint density at radius 1 is 0.425 bits per heavy atom. The molecule has 8 aromatic carbocycles. The molecule has 11 rings (SSSR count). The van der Waals surface area contributed by atoms with E-state index in [1.165, 1.54) is 112 Å². The molecule has 2 aliphatic heterocycles. The van der Waals surface area contributed by atoms with Crippen molar-refractivity contribution >= 4 is 57.2 Å². The van der Waals surface area contributed by atoms with Gasteiger partial charge >= 0.3 is 0 Å². The predicted octanol–water partition coefficient (Wildman–Crippen LogP) is 17.5. The molecule has 3 heteroatoms. The Labute approximate surface area is 438 Å². The van der Waals surface area contributed by atoms with E-state index in [4.69, 9.17) is 0 Å². The summed E-state index contributed by atoms with van der Waals surface area (Å²) in [5.74, 6) is 0.285. The fraction of sp³-hybridized carbons (Fsp3) is 0.314. The maximum Gasteiger partial charge on any atom is 0.252 e. The Morgan fingerprint density at radius 3 is 1.59 bits per heavy atom. The molecule has 0 amide bonds. The van der Waals surface area contributed by atoms with Crippen molar-refractivity contribution in [2.24, 2.45) is 0 Å². The average molecular weight is 955 g/mol. The molecule has 8 aromatic rings. The Morgan fingerprint density at radius 2 is 0.959 bits per heavy atom. The van der Waals surface area contributed by atoms with Crippen LogP contribution in [0.1, 0.15) is 155 Å². The first-order chi connectivity index (χ1) is 34.5. The third-order valence-corrected chi connectivity index (χ3v) is 17.3.